The van der Waals surface area contributed by atoms with Gasteiger partial charge in [0, 0.05) is 8.39 Å². The van der Waals surface area contributed by atoms with E-state index in [9.17, 15) is 0 Å². The zero-order valence-electron chi connectivity index (χ0n) is 6.46. The Bertz CT molecular complexity index is 278. The molecule has 2 heteroatoms. The van der Waals surface area contributed by atoms with Gasteiger partial charge in [-0.05, 0) is 12.1 Å². The lowest BCUT2D eigenvalue weighted by Gasteiger charge is -1.99. The van der Waals surface area contributed by atoms with Gasteiger partial charge in [0.05, 0.1) is 11.3 Å². The van der Waals surface area contributed by atoms with Crippen molar-refractivity contribution in [1.29, 1.82) is 5.26 Å². The maximum absolute atomic E-state index is 8.59. The topological polar surface area (TPSA) is 35.8 Å². The van der Waals surface area contributed by atoms with Crippen molar-refractivity contribution in [1.82, 2.24) is 0 Å². The maximum Gasteiger partial charge on any atom is 0.101 e. The van der Waals surface area contributed by atoms with E-state index in [0.717, 1.165) is 5.69 Å². The Morgan fingerprint density at radius 3 is 3.10 bits per heavy atom. The summed E-state index contributed by atoms with van der Waals surface area (Å²) in [4.78, 5) is 0. The molecule has 10 heavy (non-hydrogen) atoms. The predicted molar refractivity (Wildman–Crippen MR) is 40.7 cm³/mol. The largest absolute Gasteiger partial charge is 0.387 e. The van der Waals surface area contributed by atoms with Gasteiger partial charge in [0.2, 0.25) is 0 Å². The van der Waals surface area contributed by atoms with E-state index in [0.29, 0.717) is 5.56 Å². The smallest absolute Gasteiger partial charge is 0.101 e. The molecule has 2 nitrogen and oxygen atoms in total. The predicted octanol–water partition coefficient (Wildman–Crippen LogP) is 1.60. The molecule has 0 saturated carbocycles. The fourth-order valence-electron chi connectivity index (χ4n) is 0.735. The molecule has 0 fully saturated rings. The lowest BCUT2D eigenvalue weighted by Crippen LogP contribution is -1.90. The van der Waals surface area contributed by atoms with Crippen LogP contribution in [0.3, 0.4) is 0 Å². The zero-order chi connectivity index (χ0) is 8.10. The van der Waals surface area contributed by atoms with E-state index < -0.39 is 0 Å². The van der Waals surface area contributed by atoms with Crippen molar-refractivity contribution in [2.45, 2.75) is 0 Å². The van der Waals surface area contributed by atoms with Crippen LogP contribution in [0.15, 0.2) is 24.3 Å². The number of para-hydroxylation sites is 1. The van der Waals surface area contributed by atoms with Crippen molar-refractivity contribution in [3.63, 3.8) is 0 Å². The van der Waals surface area contributed by atoms with Gasteiger partial charge >= 0.3 is 0 Å². The second-order valence-electron chi connectivity index (χ2n) is 1.83. The molecule has 0 bridgehead atoms. The molecule has 0 aromatic heterocycles. The summed E-state index contributed by atoms with van der Waals surface area (Å²) in [5.41, 5.74) is 1.31. The number of anilines is 1. The quantitative estimate of drug-likeness (QED) is 0.633. The summed E-state index contributed by atoms with van der Waals surface area (Å²) in [5.74, 6) is 0. The number of benzene rings is 1. The van der Waals surface area contributed by atoms with Gasteiger partial charge in [-0.2, -0.15) is 5.26 Å². The van der Waals surface area contributed by atoms with Crippen LogP contribution in [0.2, 0.25) is 0 Å². The van der Waals surface area contributed by atoms with Crippen LogP contribution in [0.1, 0.15) is 6.93 Å². The Balaban J connectivity index is 2.95. The van der Waals surface area contributed by atoms with Crippen molar-refractivity contribution >= 4 is 5.69 Å². The van der Waals surface area contributed by atoms with Crippen LogP contribution >= 0.6 is 0 Å². The van der Waals surface area contributed by atoms with E-state index in [1.54, 1.807) is 18.2 Å². The summed E-state index contributed by atoms with van der Waals surface area (Å²) in [5, 5.41) is 11.4. The molecule has 0 aliphatic carbocycles. The minimum absolute atomic E-state index is 0.0959. The summed E-state index contributed by atoms with van der Waals surface area (Å²) in [6, 6.07) is 9.17. The van der Waals surface area contributed by atoms with E-state index in [-0.39, 0.29) is 7.02 Å². The maximum atomic E-state index is 8.59. The van der Waals surface area contributed by atoms with Gasteiger partial charge in [-0.15, -0.1) is 0 Å². The SMILES string of the molecule is [3H]CNc1ccccc1C#N. The number of nitrogens with one attached hydrogen (secondary N) is 1. The highest BCUT2D eigenvalue weighted by atomic mass is 14.8. The first kappa shape index (κ1) is 5.31. The molecule has 0 heterocycles. The third-order valence-electron chi connectivity index (χ3n) is 1.24. The molecule has 1 rings (SSSR count). The molecule has 0 spiro atoms. The monoisotopic (exact) mass is 134 g/mol. The van der Waals surface area contributed by atoms with Gasteiger partial charge in [-0.3, -0.25) is 0 Å². The Labute approximate surface area is 61.5 Å². The van der Waals surface area contributed by atoms with Crippen molar-refractivity contribution in [3.8, 4) is 6.07 Å². The molecular formula is C8H8N2. The summed E-state index contributed by atoms with van der Waals surface area (Å²) in [6.45, 7) is 0. The van der Waals surface area contributed by atoms with Gasteiger partial charge in [-0.1, -0.05) is 12.1 Å². The van der Waals surface area contributed by atoms with Gasteiger partial charge in [0.15, 0.2) is 0 Å². The lowest BCUT2D eigenvalue weighted by atomic mass is 10.2. The number of hydrogen-bond acceptors (Lipinski definition) is 2. The molecule has 1 aromatic carbocycles. The molecule has 0 radical (unpaired) electrons. The number of hydrogen-bond donors (Lipinski definition) is 1. The Hall–Kier alpha value is -1.49. The first-order valence-electron chi connectivity index (χ1n) is 3.61. The minimum Gasteiger partial charge on any atom is -0.387 e. The van der Waals surface area contributed by atoms with E-state index in [2.05, 4.69) is 5.32 Å². The van der Waals surface area contributed by atoms with Crippen molar-refractivity contribution < 1.29 is 1.37 Å². The number of nitrogens with zero attached hydrogens (tertiary/aromatic N) is 1. The van der Waals surface area contributed by atoms with Gasteiger partial charge in [-0.25, -0.2) is 0 Å². The van der Waals surface area contributed by atoms with Gasteiger partial charge < -0.3 is 5.32 Å². The van der Waals surface area contributed by atoms with Crippen LogP contribution in [0.4, 0.5) is 5.69 Å². The fourth-order valence-corrected chi connectivity index (χ4v) is 0.735. The van der Waals surface area contributed by atoms with Gasteiger partial charge in [0.1, 0.15) is 6.07 Å². The molecule has 1 aromatic rings. The van der Waals surface area contributed by atoms with Crippen molar-refractivity contribution in [2.75, 3.05) is 12.3 Å². The Morgan fingerprint density at radius 1 is 1.60 bits per heavy atom. The molecule has 50 valence electrons. The first-order chi connectivity index (χ1) is 5.38. The lowest BCUT2D eigenvalue weighted by molar-refractivity contribution is 1.44. The van der Waals surface area contributed by atoms with E-state index in [4.69, 9.17) is 6.63 Å². The van der Waals surface area contributed by atoms with Gasteiger partial charge in [0.25, 0.3) is 0 Å². The van der Waals surface area contributed by atoms with Crippen LogP contribution in [-0.4, -0.2) is 7.02 Å². The molecule has 1 N–H and O–H groups in total. The van der Waals surface area contributed by atoms with Crippen molar-refractivity contribution in [3.05, 3.63) is 29.8 Å². The molecule has 0 unspecified atom stereocenters. The third kappa shape index (κ3) is 1.08. The standard InChI is InChI=1S/C8H8N2/c1-10-8-5-3-2-4-7(8)6-9/h2-5,10H,1H3/i1T. The van der Waals surface area contributed by atoms with E-state index in [1.165, 1.54) is 0 Å². The Kier molecular flexibility index (Phi) is 1.53. The average molecular weight is 134 g/mol. The summed E-state index contributed by atoms with van der Waals surface area (Å²) >= 11 is 0. The summed E-state index contributed by atoms with van der Waals surface area (Å²) < 4.78 is 6.89. The molecule has 0 saturated heterocycles. The first-order valence-corrected chi connectivity index (χ1v) is 2.90. The highest BCUT2D eigenvalue weighted by Gasteiger charge is 1.94. The fraction of sp³-hybridized carbons (Fsp3) is 0.125. The van der Waals surface area contributed by atoms with Crippen LogP contribution < -0.4 is 5.32 Å². The third-order valence-corrected chi connectivity index (χ3v) is 1.24. The summed E-state index contributed by atoms with van der Waals surface area (Å²) in [7, 11) is 0.0959. The summed E-state index contributed by atoms with van der Waals surface area (Å²) in [6.07, 6.45) is 0. The van der Waals surface area contributed by atoms with Crippen LogP contribution in [0.5, 0.6) is 0 Å². The molecule has 0 aliphatic rings. The minimum atomic E-state index is 0.0959. The highest BCUT2D eigenvalue weighted by Crippen LogP contribution is 2.11. The van der Waals surface area contributed by atoms with Crippen LogP contribution in [-0.2, 0) is 0 Å². The number of rotatable bonds is 1. The molecule has 0 amide bonds. The van der Waals surface area contributed by atoms with Crippen LogP contribution in [0, 0.1) is 11.3 Å². The molecule has 0 aliphatic heterocycles. The normalized spacial score (nSPS) is 9.70. The molecular weight excluding hydrogens is 124 g/mol. The zero-order valence-corrected chi connectivity index (χ0v) is 5.46. The Morgan fingerprint density at radius 2 is 2.40 bits per heavy atom. The van der Waals surface area contributed by atoms with Crippen molar-refractivity contribution in [2.24, 2.45) is 0 Å². The second-order valence-corrected chi connectivity index (χ2v) is 1.83. The van der Waals surface area contributed by atoms with E-state index >= 15 is 0 Å². The molecule has 0 atom stereocenters. The second kappa shape index (κ2) is 2.88. The van der Waals surface area contributed by atoms with E-state index in [1.807, 2.05) is 12.1 Å². The number of nitriles is 1. The highest BCUT2D eigenvalue weighted by molar-refractivity contribution is 5.56. The van der Waals surface area contributed by atoms with Crippen LogP contribution in [0.25, 0.3) is 0 Å². The average Bonchev–Trinajstić information content (AvgIpc) is 2.06.